The minimum absolute atomic E-state index is 0.267. The molecule has 0 radical (unpaired) electrons. The molecule has 0 aliphatic heterocycles. The van der Waals surface area contributed by atoms with Gasteiger partial charge in [-0.25, -0.2) is 4.98 Å². The van der Waals surface area contributed by atoms with Crippen molar-refractivity contribution in [3.63, 3.8) is 0 Å². The fourth-order valence-corrected chi connectivity index (χ4v) is 1.94. The van der Waals surface area contributed by atoms with E-state index in [0.717, 1.165) is 12.1 Å². The third-order valence-corrected chi connectivity index (χ3v) is 3.48. The van der Waals surface area contributed by atoms with Crippen molar-refractivity contribution in [3.05, 3.63) is 23.9 Å². The second-order valence-electron chi connectivity index (χ2n) is 5.05. The Bertz CT molecular complexity index is 429. The molecule has 1 aliphatic carbocycles. The molecule has 6 heteroatoms. The normalized spacial score (nSPS) is 17.6. The van der Waals surface area contributed by atoms with Crippen LogP contribution in [0.15, 0.2) is 18.3 Å². The smallest absolute Gasteiger partial charge is 0.369 e. The van der Waals surface area contributed by atoms with Crippen LogP contribution in [0.1, 0.15) is 25.3 Å². The molecule has 1 unspecified atom stereocenters. The molecule has 1 atom stereocenters. The molecule has 0 aromatic carbocycles. The summed E-state index contributed by atoms with van der Waals surface area (Å²) in [5, 5.41) is 2.97. The zero-order chi connectivity index (χ0) is 14.0. The predicted octanol–water partition coefficient (Wildman–Crippen LogP) is 3.00. The van der Waals surface area contributed by atoms with E-state index in [-0.39, 0.29) is 11.9 Å². The Morgan fingerprint density at radius 3 is 2.74 bits per heavy atom. The number of likely N-dealkylation sites (N-methyl/N-ethyl adjacent to an activating group) is 1. The van der Waals surface area contributed by atoms with Gasteiger partial charge >= 0.3 is 6.18 Å². The van der Waals surface area contributed by atoms with Gasteiger partial charge in [0.15, 0.2) is 0 Å². The van der Waals surface area contributed by atoms with Crippen molar-refractivity contribution in [1.82, 2.24) is 9.88 Å². The number of alkyl halides is 3. The number of halogens is 3. The summed E-state index contributed by atoms with van der Waals surface area (Å²) in [7, 11) is 2.05. The van der Waals surface area contributed by atoms with Crippen LogP contribution in [0.5, 0.6) is 0 Å². The highest BCUT2D eigenvalue weighted by Gasteiger charge is 2.31. The molecule has 0 amide bonds. The van der Waals surface area contributed by atoms with Gasteiger partial charge in [-0.15, -0.1) is 0 Å². The van der Waals surface area contributed by atoms with Crippen molar-refractivity contribution < 1.29 is 13.2 Å². The highest BCUT2D eigenvalue weighted by molar-refractivity contribution is 5.38. The van der Waals surface area contributed by atoms with Gasteiger partial charge in [0.1, 0.15) is 5.82 Å². The van der Waals surface area contributed by atoms with E-state index in [9.17, 15) is 13.2 Å². The number of aromatic nitrogens is 1. The summed E-state index contributed by atoms with van der Waals surface area (Å²) in [6.45, 7) is 2.64. The van der Waals surface area contributed by atoms with E-state index in [1.165, 1.54) is 19.0 Å². The fourth-order valence-electron chi connectivity index (χ4n) is 1.94. The summed E-state index contributed by atoms with van der Waals surface area (Å²) in [6, 6.07) is 2.92. The summed E-state index contributed by atoms with van der Waals surface area (Å²) < 4.78 is 37.6. The SMILES string of the molecule is CC(CNc1cc(C(F)(F)F)ccn1)N(C)C1CC1. The second kappa shape index (κ2) is 5.36. The highest BCUT2D eigenvalue weighted by atomic mass is 19.4. The van der Waals surface area contributed by atoms with E-state index < -0.39 is 11.7 Å². The Balaban J connectivity index is 1.92. The number of hydrogen-bond donors (Lipinski definition) is 1. The molecule has 2 rings (SSSR count). The maximum atomic E-state index is 12.5. The van der Waals surface area contributed by atoms with Crippen LogP contribution in [0.4, 0.5) is 19.0 Å². The minimum Gasteiger partial charge on any atom is -0.369 e. The summed E-state index contributed by atoms with van der Waals surface area (Å²) >= 11 is 0. The summed E-state index contributed by atoms with van der Waals surface area (Å²) in [4.78, 5) is 6.17. The Morgan fingerprint density at radius 2 is 2.16 bits per heavy atom. The largest absolute Gasteiger partial charge is 0.416 e. The van der Waals surface area contributed by atoms with E-state index in [0.29, 0.717) is 12.6 Å². The van der Waals surface area contributed by atoms with Crippen molar-refractivity contribution in [2.24, 2.45) is 0 Å². The first-order valence-corrected chi connectivity index (χ1v) is 6.37. The van der Waals surface area contributed by atoms with Crippen molar-refractivity contribution >= 4 is 5.82 Å². The van der Waals surface area contributed by atoms with Crippen molar-refractivity contribution in [1.29, 1.82) is 0 Å². The Kier molecular flexibility index (Phi) is 3.99. The van der Waals surface area contributed by atoms with Crippen LogP contribution in [-0.4, -0.2) is 35.6 Å². The quantitative estimate of drug-likeness (QED) is 0.894. The van der Waals surface area contributed by atoms with Gasteiger partial charge in [-0.2, -0.15) is 13.2 Å². The van der Waals surface area contributed by atoms with Gasteiger partial charge in [0.05, 0.1) is 5.56 Å². The van der Waals surface area contributed by atoms with E-state index in [1.54, 1.807) is 0 Å². The van der Waals surface area contributed by atoms with Gasteiger partial charge in [-0.1, -0.05) is 0 Å². The number of nitrogens with zero attached hydrogens (tertiary/aromatic N) is 2. The van der Waals surface area contributed by atoms with Crippen LogP contribution in [0.25, 0.3) is 0 Å². The number of pyridine rings is 1. The Morgan fingerprint density at radius 1 is 1.47 bits per heavy atom. The molecule has 1 aromatic rings. The molecule has 1 aliphatic rings. The van der Waals surface area contributed by atoms with Gasteiger partial charge in [0, 0.05) is 24.8 Å². The highest BCUT2D eigenvalue weighted by Crippen LogP contribution is 2.30. The minimum atomic E-state index is -4.32. The lowest BCUT2D eigenvalue weighted by Crippen LogP contribution is -2.36. The Labute approximate surface area is 110 Å². The van der Waals surface area contributed by atoms with E-state index in [2.05, 4.69) is 22.1 Å². The zero-order valence-corrected chi connectivity index (χ0v) is 11.0. The molecule has 0 spiro atoms. The molecule has 0 bridgehead atoms. The van der Waals surface area contributed by atoms with Crippen LogP contribution in [0.2, 0.25) is 0 Å². The van der Waals surface area contributed by atoms with Crippen LogP contribution >= 0.6 is 0 Å². The number of nitrogens with one attached hydrogen (secondary N) is 1. The fraction of sp³-hybridized carbons (Fsp3) is 0.615. The lowest BCUT2D eigenvalue weighted by atomic mass is 10.2. The van der Waals surface area contributed by atoms with Gasteiger partial charge in [0.25, 0.3) is 0 Å². The van der Waals surface area contributed by atoms with E-state index >= 15 is 0 Å². The van der Waals surface area contributed by atoms with Crippen molar-refractivity contribution in [2.75, 3.05) is 18.9 Å². The summed E-state index contributed by atoms with van der Waals surface area (Å²) in [6.07, 6.45) is -0.721. The average Bonchev–Trinajstić information content (AvgIpc) is 3.18. The molecular weight excluding hydrogens is 255 g/mol. The molecule has 1 N–H and O–H groups in total. The first-order valence-electron chi connectivity index (χ1n) is 6.37. The van der Waals surface area contributed by atoms with Gasteiger partial charge in [-0.3, -0.25) is 4.90 Å². The second-order valence-corrected chi connectivity index (χ2v) is 5.05. The molecule has 1 saturated carbocycles. The number of hydrogen-bond acceptors (Lipinski definition) is 3. The predicted molar refractivity (Wildman–Crippen MR) is 68.0 cm³/mol. The maximum Gasteiger partial charge on any atom is 0.416 e. The average molecular weight is 273 g/mol. The molecule has 3 nitrogen and oxygen atoms in total. The van der Waals surface area contributed by atoms with Crippen LogP contribution in [-0.2, 0) is 6.18 Å². The van der Waals surface area contributed by atoms with Crippen molar-refractivity contribution in [3.8, 4) is 0 Å². The maximum absolute atomic E-state index is 12.5. The Hall–Kier alpha value is -1.30. The van der Waals surface area contributed by atoms with Crippen LogP contribution < -0.4 is 5.32 Å². The number of rotatable bonds is 5. The molecule has 1 heterocycles. The lowest BCUT2D eigenvalue weighted by molar-refractivity contribution is -0.137. The van der Waals surface area contributed by atoms with E-state index in [1.807, 2.05) is 7.05 Å². The monoisotopic (exact) mass is 273 g/mol. The van der Waals surface area contributed by atoms with Gasteiger partial charge in [0.2, 0.25) is 0 Å². The molecule has 19 heavy (non-hydrogen) atoms. The first kappa shape index (κ1) is 14.1. The first-order chi connectivity index (χ1) is 8.88. The van der Waals surface area contributed by atoms with Gasteiger partial charge in [-0.05, 0) is 38.9 Å². The van der Waals surface area contributed by atoms with Crippen molar-refractivity contribution in [2.45, 2.75) is 38.0 Å². The molecule has 1 fully saturated rings. The van der Waals surface area contributed by atoms with Crippen LogP contribution in [0.3, 0.4) is 0 Å². The molecule has 1 aromatic heterocycles. The zero-order valence-electron chi connectivity index (χ0n) is 11.0. The molecule has 0 saturated heterocycles. The van der Waals surface area contributed by atoms with Gasteiger partial charge < -0.3 is 5.32 Å². The number of anilines is 1. The standard InChI is InChI=1S/C13H18F3N3/c1-9(19(2)11-3-4-11)8-18-12-7-10(5-6-17-12)13(14,15)16/h5-7,9,11H,3-4,8H2,1-2H3,(H,17,18). The van der Waals surface area contributed by atoms with Crippen LogP contribution in [0, 0.1) is 0 Å². The third-order valence-electron chi connectivity index (χ3n) is 3.48. The summed E-state index contributed by atoms with van der Waals surface area (Å²) in [5.41, 5.74) is -0.673. The summed E-state index contributed by atoms with van der Waals surface area (Å²) in [5.74, 6) is 0.269. The van der Waals surface area contributed by atoms with E-state index in [4.69, 9.17) is 0 Å². The molecule has 106 valence electrons. The molecular formula is C13H18F3N3. The third kappa shape index (κ3) is 3.83. The topological polar surface area (TPSA) is 28.2 Å². The lowest BCUT2D eigenvalue weighted by Gasteiger charge is -2.24.